The van der Waals surface area contributed by atoms with Gasteiger partial charge in [-0.25, -0.2) is 9.97 Å². The zero-order valence-electron chi connectivity index (χ0n) is 9.00. The van der Waals surface area contributed by atoms with Gasteiger partial charge in [-0.1, -0.05) is 30.3 Å². The molecule has 0 saturated carbocycles. The van der Waals surface area contributed by atoms with Crippen LogP contribution in [0.5, 0.6) is 5.88 Å². The molecule has 5 nitrogen and oxygen atoms in total. The van der Waals surface area contributed by atoms with E-state index in [1.807, 2.05) is 30.3 Å². The van der Waals surface area contributed by atoms with Gasteiger partial charge in [-0.05, 0) is 5.56 Å². The molecule has 2 aromatic heterocycles. The predicted molar refractivity (Wildman–Crippen MR) is 62.5 cm³/mol. The number of ether oxygens (including phenoxy) is 1. The van der Waals surface area contributed by atoms with E-state index in [1.165, 1.54) is 6.33 Å². The van der Waals surface area contributed by atoms with Crippen LogP contribution in [-0.2, 0) is 6.61 Å². The van der Waals surface area contributed by atoms with Gasteiger partial charge in [-0.3, -0.25) is 5.10 Å². The van der Waals surface area contributed by atoms with Crippen molar-refractivity contribution in [1.29, 1.82) is 0 Å². The minimum absolute atomic E-state index is 0.477. The Hall–Kier alpha value is -2.43. The SMILES string of the molecule is c1ccc(COc2n[nH]c3cncnc23)cc1. The molecule has 0 bridgehead atoms. The zero-order valence-corrected chi connectivity index (χ0v) is 9.00. The fourth-order valence-electron chi connectivity index (χ4n) is 1.57. The summed E-state index contributed by atoms with van der Waals surface area (Å²) in [7, 11) is 0. The first-order valence-electron chi connectivity index (χ1n) is 5.24. The normalized spacial score (nSPS) is 10.6. The monoisotopic (exact) mass is 226 g/mol. The van der Waals surface area contributed by atoms with Crippen molar-refractivity contribution in [2.75, 3.05) is 0 Å². The van der Waals surface area contributed by atoms with E-state index < -0.39 is 0 Å². The lowest BCUT2D eigenvalue weighted by Gasteiger charge is -2.02. The first-order chi connectivity index (χ1) is 8.43. The van der Waals surface area contributed by atoms with Crippen LogP contribution in [0, 0.1) is 0 Å². The molecule has 3 aromatic rings. The molecule has 0 aliphatic carbocycles. The Bertz CT molecular complexity index is 620. The molecule has 0 atom stereocenters. The van der Waals surface area contributed by atoms with Crippen molar-refractivity contribution in [3.05, 3.63) is 48.4 Å². The van der Waals surface area contributed by atoms with Crippen molar-refractivity contribution in [3.8, 4) is 5.88 Å². The highest BCUT2D eigenvalue weighted by Crippen LogP contribution is 2.19. The molecule has 0 saturated heterocycles. The van der Waals surface area contributed by atoms with Crippen molar-refractivity contribution in [3.63, 3.8) is 0 Å². The van der Waals surface area contributed by atoms with Gasteiger partial charge < -0.3 is 4.74 Å². The van der Waals surface area contributed by atoms with E-state index in [2.05, 4.69) is 20.2 Å². The summed E-state index contributed by atoms with van der Waals surface area (Å²) in [6, 6.07) is 9.93. The average Bonchev–Trinajstić information content (AvgIpc) is 2.81. The average molecular weight is 226 g/mol. The summed E-state index contributed by atoms with van der Waals surface area (Å²) < 4.78 is 5.61. The molecule has 5 heteroatoms. The van der Waals surface area contributed by atoms with E-state index in [4.69, 9.17) is 4.74 Å². The van der Waals surface area contributed by atoms with Crippen molar-refractivity contribution >= 4 is 11.0 Å². The number of nitrogens with zero attached hydrogens (tertiary/aromatic N) is 3. The molecule has 17 heavy (non-hydrogen) atoms. The highest BCUT2D eigenvalue weighted by molar-refractivity contribution is 5.78. The number of nitrogens with one attached hydrogen (secondary N) is 1. The molecule has 0 amide bonds. The Labute approximate surface area is 97.5 Å². The second-order valence-electron chi connectivity index (χ2n) is 3.59. The molecule has 84 valence electrons. The van der Waals surface area contributed by atoms with E-state index in [0.717, 1.165) is 11.1 Å². The van der Waals surface area contributed by atoms with Crippen LogP contribution in [0.25, 0.3) is 11.0 Å². The lowest BCUT2D eigenvalue weighted by molar-refractivity contribution is 0.296. The third-order valence-corrected chi connectivity index (χ3v) is 2.41. The summed E-state index contributed by atoms with van der Waals surface area (Å²) in [6.07, 6.45) is 3.15. The Kier molecular flexibility index (Phi) is 2.42. The van der Waals surface area contributed by atoms with Gasteiger partial charge in [-0.15, -0.1) is 5.10 Å². The van der Waals surface area contributed by atoms with Crippen LogP contribution in [0.3, 0.4) is 0 Å². The van der Waals surface area contributed by atoms with Crippen LogP contribution < -0.4 is 4.74 Å². The third-order valence-electron chi connectivity index (χ3n) is 2.41. The number of aromatic amines is 1. The van der Waals surface area contributed by atoms with Gasteiger partial charge in [0.1, 0.15) is 18.5 Å². The van der Waals surface area contributed by atoms with E-state index in [-0.39, 0.29) is 0 Å². The van der Waals surface area contributed by atoms with Crippen LogP contribution in [0.4, 0.5) is 0 Å². The van der Waals surface area contributed by atoms with Crippen molar-refractivity contribution in [2.45, 2.75) is 6.61 Å². The summed E-state index contributed by atoms with van der Waals surface area (Å²) in [5.74, 6) is 0.506. The molecular formula is C12H10N4O. The van der Waals surface area contributed by atoms with E-state index in [1.54, 1.807) is 6.20 Å². The Balaban J connectivity index is 1.82. The maximum Gasteiger partial charge on any atom is 0.259 e. The molecule has 2 heterocycles. The quantitative estimate of drug-likeness (QED) is 0.741. The maximum atomic E-state index is 5.61. The van der Waals surface area contributed by atoms with E-state index in [0.29, 0.717) is 18.0 Å². The Morgan fingerprint density at radius 2 is 2.06 bits per heavy atom. The van der Waals surface area contributed by atoms with E-state index in [9.17, 15) is 0 Å². The van der Waals surface area contributed by atoms with Crippen molar-refractivity contribution < 1.29 is 4.74 Å². The topological polar surface area (TPSA) is 63.7 Å². The second-order valence-corrected chi connectivity index (χ2v) is 3.59. The fraction of sp³-hybridized carbons (Fsp3) is 0.0833. The summed E-state index contributed by atoms with van der Waals surface area (Å²) in [4.78, 5) is 8.03. The molecule has 1 N–H and O–H groups in total. The molecule has 0 spiro atoms. The lowest BCUT2D eigenvalue weighted by Crippen LogP contribution is -1.95. The molecule has 3 rings (SSSR count). The molecule has 0 radical (unpaired) electrons. The lowest BCUT2D eigenvalue weighted by atomic mass is 10.2. The number of benzene rings is 1. The van der Waals surface area contributed by atoms with Gasteiger partial charge in [0.2, 0.25) is 0 Å². The first kappa shape index (κ1) is 9.77. The van der Waals surface area contributed by atoms with Crippen LogP contribution in [-0.4, -0.2) is 20.2 Å². The third kappa shape index (κ3) is 1.94. The molecule has 0 aliphatic rings. The Morgan fingerprint density at radius 1 is 1.18 bits per heavy atom. The second kappa shape index (κ2) is 4.21. The minimum atomic E-state index is 0.477. The molecule has 1 aromatic carbocycles. The highest BCUT2D eigenvalue weighted by atomic mass is 16.5. The van der Waals surface area contributed by atoms with Crippen LogP contribution in [0.2, 0.25) is 0 Å². The summed E-state index contributed by atoms with van der Waals surface area (Å²) in [5.41, 5.74) is 2.57. The smallest absolute Gasteiger partial charge is 0.259 e. The number of hydrogen-bond donors (Lipinski definition) is 1. The number of fused-ring (bicyclic) bond motifs is 1. The maximum absolute atomic E-state index is 5.61. The number of aromatic nitrogens is 4. The predicted octanol–water partition coefficient (Wildman–Crippen LogP) is 1.93. The summed E-state index contributed by atoms with van der Waals surface area (Å²) in [5, 5.41) is 6.89. The first-order valence-corrected chi connectivity index (χ1v) is 5.24. The fourth-order valence-corrected chi connectivity index (χ4v) is 1.57. The molecule has 0 unspecified atom stereocenters. The standard InChI is InChI=1S/C12H10N4O/c1-2-4-9(5-3-1)7-17-12-11-10(15-16-12)6-13-8-14-11/h1-6,8H,7H2,(H,15,16). The van der Waals surface area contributed by atoms with Gasteiger partial charge in [0.25, 0.3) is 5.88 Å². The molecular weight excluding hydrogens is 216 g/mol. The van der Waals surface area contributed by atoms with E-state index >= 15 is 0 Å². The van der Waals surface area contributed by atoms with Gasteiger partial charge >= 0.3 is 0 Å². The Morgan fingerprint density at radius 3 is 2.94 bits per heavy atom. The van der Waals surface area contributed by atoms with Gasteiger partial charge in [-0.2, -0.15) is 0 Å². The van der Waals surface area contributed by atoms with Crippen molar-refractivity contribution in [2.24, 2.45) is 0 Å². The number of rotatable bonds is 3. The van der Waals surface area contributed by atoms with Gasteiger partial charge in [0.05, 0.1) is 6.20 Å². The van der Waals surface area contributed by atoms with Gasteiger partial charge in [0.15, 0.2) is 5.52 Å². The van der Waals surface area contributed by atoms with Crippen molar-refractivity contribution in [1.82, 2.24) is 20.2 Å². The van der Waals surface area contributed by atoms with Crippen LogP contribution in [0.1, 0.15) is 5.56 Å². The summed E-state index contributed by atoms with van der Waals surface area (Å²) in [6.45, 7) is 0.477. The van der Waals surface area contributed by atoms with Crippen LogP contribution >= 0.6 is 0 Å². The van der Waals surface area contributed by atoms with Gasteiger partial charge in [0, 0.05) is 0 Å². The summed E-state index contributed by atoms with van der Waals surface area (Å²) >= 11 is 0. The zero-order chi connectivity index (χ0) is 11.5. The molecule has 0 fully saturated rings. The largest absolute Gasteiger partial charge is 0.470 e. The molecule has 0 aliphatic heterocycles. The van der Waals surface area contributed by atoms with Crippen LogP contribution in [0.15, 0.2) is 42.9 Å². The minimum Gasteiger partial charge on any atom is -0.470 e. The number of hydrogen-bond acceptors (Lipinski definition) is 4. The highest BCUT2D eigenvalue weighted by Gasteiger charge is 2.07. The number of H-pyrrole nitrogens is 1.